The van der Waals surface area contributed by atoms with E-state index in [9.17, 15) is 27.6 Å². The van der Waals surface area contributed by atoms with Gasteiger partial charge >= 0.3 is 11.9 Å². The number of aromatic nitrogens is 7. The van der Waals surface area contributed by atoms with Crippen LogP contribution >= 0.6 is 0 Å². The van der Waals surface area contributed by atoms with Crippen molar-refractivity contribution in [1.29, 1.82) is 0 Å². The van der Waals surface area contributed by atoms with Crippen LogP contribution in [-0.2, 0) is 24.6 Å². The van der Waals surface area contributed by atoms with Crippen molar-refractivity contribution < 1.29 is 22.5 Å². The topological polar surface area (TPSA) is 143 Å². The molecule has 5 heterocycles. The molecule has 5 rings (SSSR count). The van der Waals surface area contributed by atoms with Gasteiger partial charge in [-0.05, 0) is 31.2 Å². The van der Waals surface area contributed by atoms with Gasteiger partial charge in [-0.3, -0.25) is 23.7 Å². The lowest BCUT2D eigenvalue weighted by atomic mass is 10.1. The molecule has 5 aromatic rings. The van der Waals surface area contributed by atoms with E-state index in [4.69, 9.17) is 4.52 Å². The Balaban J connectivity index is 1.43. The lowest BCUT2D eigenvalue weighted by Crippen LogP contribution is -2.40. The number of halogens is 3. The molecule has 0 fully saturated rings. The van der Waals surface area contributed by atoms with E-state index >= 15 is 0 Å². The molecule has 0 radical (unpaired) electrons. The van der Waals surface area contributed by atoms with Gasteiger partial charge in [0, 0.05) is 24.9 Å². The molecule has 12 nitrogen and oxygen atoms in total. The smallest absolute Gasteiger partial charge is 0.364 e. The molecular formula is C24H19F3N8O4. The van der Waals surface area contributed by atoms with E-state index in [2.05, 4.69) is 25.4 Å². The van der Waals surface area contributed by atoms with Gasteiger partial charge in [0.05, 0.1) is 18.6 Å². The van der Waals surface area contributed by atoms with Gasteiger partial charge in [-0.2, -0.15) is 13.2 Å². The molecule has 1 amide bonds. The summed E-state index contributed by atoms with van der Waals surface area (Å²) in [5, 5.41) is 6.38. The van der Waals surface area contributed by atoms with Crippen molar-refractivity contribution in [3.8, 4) is 11.3 Å². The average Bonchev–Trinajstić information content (AvgIpc) is 3.60. The number of pyridine rings is 2. The fourth-order valence-corrected chi connectivity index (χ4v) is 3.94. The van der Waals surface area contributed by atoms with Gasteiger partial charge in [-0.15, -0.1) is 0 Å². The van der Waals surface area contributed by atoms with Crippen molar-refractivity contribution in [3.63, 3.8) is 0 Å². The van der Waals surface area contributed by atoms with Gasteiger partial charge < -0.3 is 14.4 Å². The van der Waals surface area contributed by atoms with Crippen molar-refractivity contribution >= 4 is 22.9 Å². The maximum atomic E-state index is 13.3. The Morgan fingerprint density at radius 1 is 1.13 bits per heavy atom. The molecule has 15 heteroatoms. The largest absolute Gasteiger partial charge is 0.433 e. The molecule has 0 aliphatic carbocycles. The van der Waals surface area contributed by atoms with Gasteiger partial charge in [0.2, 0.25) is 5.91 Å². The highest BCUT2D eigenvalue weighted by Crippen LogP contribution is 2.29. The first-order valence-corrected chi connectivity index (χ1v) is 11.4. The summed E-state index contributed by atoms with van der Waals surface area (Å²) in [4.78, 5) is 51.1. The number of amides is 1. The summed E-state index contributed by atoms with van der Waals surface area (Å²) in [7, 11) is 1.46. The van der Waals surface area contributed by atoms with Gasteiger partial charge in [0.1, 0.15) is 29.5 Å². The summed E-state index contributed by atoms with van der Waals surface area (Å²) in [5.74, 6) is -0.426. The van der Waals surface area contributed by atoms with Crippen LogP contribution in [0, 0.1) is 0 Å². The molecule has 1 unspecified atom stereocenters. The number of nitrogens with one attached hydrogen (secondary N) is 1. The second-order valence-corrected chi connectivity index (χ2v) is 8.55. The first kappa shape index (κ1) is 25.6. The third kappa shape index (κ3) is 4.81. The maximum Gasteiger partial charge on any atom is 0.433 e. The number of aryl methyl sites for hydroxylation is 1. The fourth-order valence-electron chi connectivity index (χ4n) is 3.94. The Labute approximate surface area is 216 Å². The lowest BCUT2D eigenvalue weighted by molar-refractivity contribution is -0.141. The highest BCUT2D eigenvalue weighted by molar-refractivity contribution is 5.93. The van der Waals surface area contributed by atoms with Crippen LogP contribution in [-0.4, -0.2) is 39.7 Å². The minimum atomic E-state index is -4.57. The van der Waals surface area contributed by atoms with Crippen LogP contribution in [0.5, 0.6) is 0 Å². The highest BCUT2D eigenvalue weighted by atomic mass is 19.4. The molecule has 1 atom stereocenters. The van der Waals surface area contributed by atoms with E-state index in [0.717, 1.165) is 16.8 Å². The van der Waals surface area contributed by atoms with Crippen LogP contribution in [0.2, 0.25) is 0 Å². The first-order chi connectivity index (χ1) is 18.5. The minimum absolute atomic E-state index is 0.0285. The fraction of sp³-hybridized carbons (Fsp3) is 0.208. The Morgan fingerprint density at radius 3 is 2.59 bits per heavy atom. The summed E-state index contributed by atoms with van der Waals surface area (Å²) in [6, 6.07) is 7.28. The molecule has 0 aromatic carbocycles. The molecule has 0 spiro atoms. The van der Waals surface area contributed by atoms with Crippen molar-refractivity contribution in [1.82, 2.24) is 33.8 Å². The monoisotopic (exact) mass is 540 g/mol. The van der Waals surface area contributed by atoms with Crippen molar-refractivity contribution in [2.45, 2.75) is 25.7 Å². The number of fused-ring (bicyclic) bond motifs is 1. The van der Waals surface area contributed by atoms with E-state index in [-0.39, 0.29) is 23.5 Å². The lowest BCUT2D eigenvalue weighted by Gasteiger charge is -2.15. The zero-order chi connectivity index (χ0) is 27.9. The van der Waals surface area contributed by atoms with Crippen LogP contribution in [0.4, 0.5) is 19.0 Å². The summed E-state index contributed by atoms with van der Waals surface area (Å²) < 4.78 is 46.7. The maximum absolute atomic E-state index is 13.3. The summed E-state index contributed by atoms with van der Waals surface area (Å²) in [6.07, 6.45) is -0.919. The molecule has 0 aliphatic heterocycles. The Morgan fingerprint density at radius 2 is 1.92 bits per heavy atom. The second kappa shape index (κ2) is 9.66. The van der Waals surface area contributed by atoms with Gasteiger partial charge in [-0.1, -0.05) is 11.2 Å². The first-order valence-electron chi connectivity index (χ1n) is 11.4. The summed E-state index contributed by atoms with van der Waals surface area (Å²) in [6.45, 7) is 1.39. The van der Waals surface area contributed by atoms with E-state index in [1.165, 1.54) is 53.9 Å². The number of hydrogen-bond donors (Lipinski definition) is 1. The quantitative estimate of drug-likeness (QED) is 0.346. The predicted molar refractivity (Wildman–Crippen MR) is 131 cm³/mol. The normalized spacial score (nSPS) is 12.5. The molecule has 0 aliphatic rings. The number of imidazole rings is 1. The van der Waals surface area contributed by atoms with E-state index in [1.54, 1.807) is 12.1 Å². The van der Waals surface area contributed by atoms with Crippen molar-refractivity contribution in [2.24, 2.45) is 7.05 Å². The standard InChI is InChI=1S/C24H19F3N8O4/c1-13(21(36)31-18-5-3-4-16(30-18)14-6-7-17(28-10-14)24(25,26)27)35-12-29-20-19(35)22(37)34(23(38)33(20)2)11-15-8-9-39-32-15/h3-10,12-13H,11H2,1-2H3,(H,30,31,36). The summed E-state index contributed by atoms with van der Waals surface area (Å²) in [5.41, 5.74) is -1.22. The van der Waals surface area contributed by atoms with Gasteiger partial charge in [0.15, 0.2) is 11.2 Å². The van der Waals surface area contributed by atoms with Gasteiger partial charge in [0.25, 0.3) is 5.56 Å². The number of carbonyl (C=O) groups is 1. The molecule has 0 saturated carbocycles. The van der Waals surface area contributed by atoms with E-state index < -0.39 is 35.1 Å². The van der Waals surface area contributed by atoms with E-state index in [1.807, 2.05) is 0 Å². The zero-order valence-corrected chi connectivity index (χ0v) is 20.4. The molecular weight excluding hydrogens is 521 g/mol. The number of anilines is 1. The number of carbonyl (C=O) groups excluding carboxylic acids is 1. The van der Waals surface area contributed by atoms with Crippen LogP contribution in [0.15, 0.2) is 69.3 Å². The third-order valence-electron chi connectivity index (χ3n) is 6.02. The van der Waals surface area contributed by atoms with Crippen LogP contribution in [0.3, 0.4) is 0 Å². The van der Waals surface area contributed by atoms with E-state index in [0.29, 0.717) is 17.0 Å². The van der Waals surface area contributed by atoms with Crippen LogP contribution < -0.4 is 16.6 Å². The molecule has 39 heavy (non-hydrogen) atoms. The molecule has 200 valence electrons. The SMILES string of the molecule is CC(C(=O)Nc1cccc(-c2ccc(C(F)(F)F)nc2)n1)n1cnc2c1c(=O)n(Cc1ccon1)c(=O)n2C. The number of hydrogen-bond acceptors (Lipinski definition) is 8. The minimum Gasteiger partial charge on any atom is -0.364 e. The molecule has 0 bridgehead atoms. The molecule has 0 saturated heterocycles. The van der Waals surface area contributed by atoms with Crippen LogP contribution in [0.1, 0.15) is 24.4 Å². The molecule has 1 N–H and O–H groups in total. The number of nitrogens with zero attached hydrogens (tertiary/aromatic N) is 7. The highest BCUT2D eigenvalue weighted by Gasteiger charge is 2.32. The second-order valence-electron chi connectivity index (χ2n) is 8.55. The van der Waals surface area contributed by atoms with Gasteiger partial charge in [-0.25, -0.2) is 14.8 Å². The Kier molecular flexibility index (Phi) is 6.33. The average molecular weight is 540 g/mol. The summed E-state index contributed by atoms with van der Waals surface area (Å²) >= 11 is 0. The number of rotatable bonds is 6. The van der Waals surface area contributed by atoms with Crippen LogP contribution in [0.25, 0.3) is 22.4 Å². The van der Waals surface area contributed by atoms with Crippen molar-refractivity contribution in [2.75, 3.05) is 5.32 Å². The Bertz CT molecular complexity index is 1790. The number of alkyl halides is 3. The molecule has 5 aromatic heterocycles. The zero-order valence-electron chi connectivity index (χ0n) is 20.4. The van der Waals surface area contributed by atoms with Crippen molar-refractivity contribution in [3.05, 3.63) is 87.4 Å². The Hall–Kier alpha value is -5.08. The third-order valence-corrected chi connectivity index (χ3v) is 6.02. The predicted octanol–water partition coefficient (Wildman–Crippen LogP) is 2.61.